The largest absolute Gasteiger partial charge is 0.454 e. The number of benzene rings is 1. The Morgan fingerprint density at radius 1 is 1.31 bits per heavy atom. The van der Waals surface area contributed by atoms with Crippen molar-refractivity contribution in [2.75, 3.05) is 0 Å². The van der Waals surface area contributed by atoms with E-state index in [9.17, 15) is 4.79 Å². The number of thiazole rings is 1. The van der Waals surface area contributed by atoms with Crippen LogP contribution >= 0.6 is 23.1 Å². The third-order valence-corrected chi connectivity index (χ3v) is 5.39. The number of esters is 1. The first-order valence-electron chi connectivity index (χ1n) is 8.21. The van der Waals surface area contributed by atoms with Crippen LogP contribution in [0.1, 0.15) is 40.2 Å². The Hall–Kier alpha value is -2.26. The molecule has 2 heterocycles. The third kappa shape index (κ3) is 4.89. The van der Waals surface area contributed by atoms with Crippen molar-refractivity contribution in [2.24, 2.45) is 0 Å². The van der Waals surface area contributed by atoms with Gasteiger partial charge in [0.25, 0.3) is 0 Å². The van der Waals surface area contributed by atoms with Crippen molar-refractivity contribution in [3.8, 4) is 0 Å². The number of nitrogens with zero attached hydrogens (tertiary/aromatic N) is 5. The molecule has 0 N–H and O–H groups in total. The van der Waals surface area contributed by atoms with Gasteiger partial charge in [-0.25, -0.2) is 14.5 Å². The Labute approximate surface area is 159 Å². The Balaban J connectivity index is 1.52. The monoisotopic (exact) mass is 389 g/mol. The van der Waals surface area contributed by atoms with Gasteiger partial charge in [0.2, 0.25) is 0 Å². The predicted molar refractivity (Wildman–Crippen MR) is 100 cm³/mol. The molecule has 3 aromatic rings. The van der Waals surface area contributed by atoms with Crippen LogP contribution in [0, 0.1) is 6.92 Å². The second kappa shape index (κ2) is 8.91. The highest BCUT2D eigenvalue weighted by Gasteiger charge is 2.11. The quantitative estimate of drug-likeness (QED) is 0.431. The van der Waals surface area contributed by atoms with E-state index in [4.69, 9.17) is 4.74 Å². The molecule has 0 aliphatic rings. The van der Waals surface area contributed by atoms with Gasteiger partial charge in [-0.05, 0) is 48.0 Å². The number of carbonyl (C=O) groups excluding carboxylic acids is 1. The summed E-state index contributed by atoms with van der Waals surface area (Å²) in [6.07, 6.45) is 0.908. The van der Waals surface area contributed by atoms with E-state index in [0.29, 0.717) is 17.9 Å². The topological polar surface area (TPSA) is 82.8 Å². The normalized spacial score (nSPS) is 10.8. The molecule has 0 amide bonds. The van der Waals surface area contributed by atoms with Gasteiger partial charge in [-0.15, -0.1) is 28.2 Å². The van der Waals surface area contributed by atoms with Gasteiger partial charge in [0.05, 0.1) is 16.3 Å². The highest BCUT2D eigenvalue weighted by molar-refractivity contribution is 7.98. The number of aryl methyl sites for hydroxylation is 2. The number of tetrazole rings is 1. The van der Waals surface area contributed by atoms with Crippen molar-refractivity contribution >= 4 is 29.1 Å². The SMILES string of the molecule is CCCn1nnnc1COC(=O)c1ccc(SCc2csc(C)n2)cc1. The number of hydrogen-bond donors (Lipinski definition) is 0. The highest BCUT2D eigenvalue weighted by atomic mass is 32.2. The zero-order chi connectivity index (χ0) is 18.4. The standard InChI is InChI=1S/C17H19N5O2S2/c1-3-8-22-16(19-20-21-22)9-24-17(23)13-4-6-15(7-5-13)26-11-14-10-25-12(2)18-14/h4-7,10H,3,8-9,11H2,1-2H3. The summed E-state index contributed by atoms with van der Waals surface area (Å²) in [5.74, 6) is 0.975. The van der Waals surface area contributed by atoms with E-state index in [2.05, 4.69) is 25.9 Å². The molecule has 0 fully saturated rings. The van der Waals surface area contributed by atoms with Gasteiger partial charge in [-0.1, -0.05) is 6.92 Å². The first-order chi connectivity index (χ1) is 12.7. The molecule has 136 valence electrons. The minimum absolute atomic E-state index is 0.0610. The summed E-state index contributed by atoms with van der Waals surface area (Å²) in [6, 6.07) is 7.38. The molecule has 26 heavy (non-hydrogen) atoms. The molecule has 0 atom stereocenters. The van der Waals surface area contributed by atoms with Crippen molar-refractivity contribution in [1.29, 1.82) is 0 Å². The molecule has 0 spiro atoms. The molecule has 0 saturated carbocycles. The lowest BCUT2D eigenvalue weighted by molar-refractivity contribution is 0.0456. The zero-order valence-corrected chi connectivity index (χ0v) is 16.2. The second-order valence-corrected chi connectivity index (χ2v) is 7.68. The summed E-state index contributed by atoms with van der Waals surface area (Å²) in [7, 11) is 0. The number of carbonyl (C=O) groups is 1. The van der Waals surface area contributed by atoms with E-state index >= 15 is 0 Å². The minimum atomic E-state index is -0.386. The summed E-state index contributed by atoms with van der Waals surface area (Å²) < 4.78 is 6.96. The Morgan fingerprint density at radius 3 is 2.81 bits per heavy atom. The Kier molecular flexibility index (Phi) is 6.35. The molecule has 0 unspecified atom stereocenters. The number of hydrogen-bond acceptors (Lipinski definition) is 8. The van der Waals surface area contributed by atoms with Crippen molar-refractivity contribution in [3.63, 3.8) is 0 Å². The fourth-order valence-electron chi connectivity index (χ4n) is 2.24. The van der Waals surface area contributed by atoms with E-state index < -0.39 is 0 Å². The fraction of sp³-hybridized carbons (Fsp3) is 0.353. The van der Waals surface area contributed by atoms with Gasteiger partial charge in [0.1, 0.15) is 0 Å². The molecule has 9 heteroatoms. The van der Waals surface area contributed by atoms with Crippen LogP contribution in [0.25, 0.3) is 0 Å². The molecule has 0 bridgehead atoms. The average Bonchev–Trinajstić information content (AvgIpc) is 3.27. The van der Waals surface area contributed by atoms with Gasteiger partial charge in [-0.2, -0.15) is 0 Å². The number of rotatable bonds is 8. The lowest BCUT2D eigenvalue weighted by Gasteiger charge is -2.06. The van der Waals surface area contributed by atoms with E-state index in [1.807, 2.05) is 26.0 Å². The van der Waals surface area contributed by atoms with Crippen LogP contribution in [0.4, 0.5) is 0 Å². The van der Waals surface area contributed by atoms with Crippen LogP contribution in [0.3, 0.4) is 0 Å². The zero-order valence-electron chi connectivity index (χ0n) is 14.6. The maximum Gasteiger partial charge on any atom is 0.338 e. The van der Waals surface area contributed by atoms with Gasteiger partial charge in [0, 0.05) is 22.6 Å². The molecule has 2 aromatic heterocycles. The Morgan fingerprint density at radius 2 is 2.12 bits per heavy atom. The molecular weight excluding hydrogens is 370 g/mol. The molecule has 7 nitrogen and oxygen atoms in total. The molecule has 0 aliphatic heterocycles. The highest BCUT2D eigenvalue weighted by Crippen LogP contribution is 2.24. The molecular formula is C17H19N5O2S2. The van der Waals surface area contributed by atoms with Gasteiger partial charge in [0.15, 0.2) is 12.4 Å². The fourth-order valence-corrected chi connectivity index (χ4v) is 3.75. The Bertz CT molecular complexity index is 860. The van der Waals surface area contributed by atoms with Gasteiger partial charge < -0.3 is 4.74 Å². The van der Waals surface area contributed by atoms with E-state index in [0.717, 1.165) is 27.8 Å². The molecule has 1 aromatic carbocycles. The predicted octanol–water partition coefficient (Wildman–Crippen LogP) is 3.50. The molecule has 3 rings (SSSR count). The van der Waals surface area contributed by atoms with E-state index in [-0.39, 0.29) is 12.6 Å². The number of thioether (sulfide) groups is 1. The average molecular weight is 390 g/mol. The van der Waals surface area contributed by atoms with Crippen LogP contribution in [0.5, 0.6) is 0 Å². The summed E-state index contributed by atoms with van der Waals surface area (Å²) in [5, 5.41) is 14.5. The lowest BCUT2D eigenvalue weighted by atomic mass is 10.2. The lowest BCUT2D eigenvalue weighted by Crippen LogP contribution is -2.11. The minimum Gasteiger partial charge on any atom is -0.454 e. The van der Waals surface area contributed by atoms with Crippen molar-refractivity contribution in [1.82, 2.24) is 25.2 Å². The van der Waals surface area contributed by atoms with Gasteiger partial charge >= 0.3 is 5.97 Å². The van der Waals surface area contributed by atoms with Crippen molar-refractivity contribution < 1.29 is 9.53 Å². The van der Waals surface area contributed by atoms with Crippen LogP contribution < -0.4 is 0 Å². The van der Waals surface area contributed by atoms with E-state index in [1.165, 1.54) is 0 Å². The number of ether oxygens (including phenoxy) is 1. The van der Waals surface area contributed by atoms with Gasteiger partial charge in [-0.3, -0.25) is 0 Å². The maximum absolute atomic E-state index is 12.2. The van der Waals surface area contributed by atoms with Crippen molar-refractivity contribution in [3.05, 3.63) is 51.7 Å². The molecule has 0 radical (unpaired) electrons. The summed E-state index contributed by atoms with van der Waals surface area (Å²) in [4.78, 5) is 17.7. The smallest absolute Gasteiger partial charge is 0.338 e. The third-order valence-electron chi connectivity index (χ3n) is 3.52. The first-order valence-corrected chi connectivity index (χ1v) is 10.1. The van der Waals surface area contributed by atoms with E-state index in [1.54, 1.807) is 39.9 Å². The van der Waals surface area contributed by atoms with Crippen LogP contribution in [0.2, 0.25) is 0 Å². The first kappa shape index (κ1) is 18.5. The number of aromatic nitrogens is 5. The van der Waals surface area contributed by atoms with Crippen molar-refractivity contribution in [2.45, 2.75) is 44.1 Å². The molecule has 0 saturated heterocycles. The maximum atomic E-state index is 12.2. The summed E-state index contributed by atoms with van der Waals surface area (Å²) >= 11 is 3.34. The van der Waals surface area contributed by atoms with Crippen LogP contribution in [-0.2, 0) is 23.6 Å². The second-order valence-electron chi connectivity index (χ2n) is 5.57. The summed E-state index contributed by atoms with van der Waals surface area (Å²) in [5.41, 5.74) is 1.58. The van der Waals surface area contributed by atoms with Crippen LogP contribution in [-0.4, -0.2) is 31.2 Å². The summed E-state index contributed by atoms with van der Waals surface area (Å²) in [6.45, 7) is 4.79. The van der Waals surface area contributed by atoms with Crippen LogP contribution in [0.15, 0.2) is 34.5 Å². The molecule has 0 aliphatic carbocycles.